The van der Waals surface area contributed by atoms with Crippen LogP contribution in [0.25, 0.3) is 11.0 Å². The molecule has 128 valence electrons. The molecule has 1 aliphatic rings. The Morgan fingerprint density at radius 2 is 1.88 bits per heavy atom. The lowest BCUT2D eigenvalue weighted by molar-refractivity contribution is -0.116. The summed E-state index contributed by atoms with van der Waals surface area (Å²) in [6.07, 6.45) is 0. The monoisotopic (exact) mass is 337 g/mol. The van der Waals surface area contributed by atoms with Gasteiger partial charge < -0.3 is 19.4 Å². The van der Waals surface area contributed by atoms with Crippen LogP contribution >= 0.6 is 0 Å². The number of aryl methyl sites for hydroxylation is 2. The van der Waals surface area contributed by atoms with E-state index >= 15 is 0 Å². The average Bonchev–Trinajstić information content (AvgIpc) is 2.90. The van der Waals surface area contributed by atoms with Crippen molar-refractivity contribution in [2.75, 3.05) is 18.5 Å². The minimum Gasteiger partial charge on any atom is -0.486 e. The lowest BCUT2D eigenvalue weighted by atomic mass is 10.2. The number of carbonyl (C=O) groups excluding carboxylic acids is 1. The van der Waals surface area contributed by atoms with Gasteiger partial charge in [-0.15, -0.1) is 0 Å². The van der Waals surface area contributed by atoms with Crippen molar-refractivity contribution in [1.29, 1.82) is 0 Å². The van der Waals surface area contributed by atoms with Crippen LogP contribution in [0, 0.1) is 13.8 Å². The molecule has 1 aliphatic heterocycles. The lowest BCUT2D eigenvalue weighted by Crippen LogP contribution is -2.20. The quantitative estimate of drug-likeness (QED) is 0.798. The normalized spacial score (nSPS) is 13.0. The van der Waals surface area contributed by atoms with E-state index in [0.29, 0.717) is 24.7 Å². The number of nitrogens with zero attached hydrogens (tertiary/aromatic N) is 2. The lowest BCUT2D eigenvalue weighted by Gasteiger charge is -2.18. The summed E-state index contributed by atoms with van der Waals surface area (Å²) in [6.45, 7) is 5.12. The first-order valence-corrected chi connectivity index (χ1v) is 8.24. The number of benzene rings is 2. The Morgan fingerprint density at radius 3 is 2.64 bits per heavy atom. The molecule has 1 aromatic heterocycles. The summed E-state index contributed by atoms with van der Waals surface area (Å²) >= 11 is 0. The number of hydrogen-bond acceptors (Lipinski definition) is 4. The second kappa shape index (κ2) is 6.12. The summed E-state index contributed by atoms with van der Waals surface area (Å²) in [5.41, 5.74) is 3.51. The largest absolute Gasteiger partial charge is 0.486 e. The number of aromatic nitrogens is 2. The molecular weight excluding hydrogens is 318 g/mol. The van der Waals surface area contributed by atoms with Crippen molar-refractivity contribution in [1.82, 2.24) is 9.55 Å². The van der Waals surface area contributed by atoms with Crippen molar-refractivity contribution < 1.29 is 14.3 Å². The van der Waals surface area contributed by atoms with Crippen molar-refractivity contribution in [3.05, 3.63) is 47.8 Å². The molecule has 0 atom stereocenters. The van der Waals surface area contributed by atoms with Crippen LogP contribution in [0.15, 0.2) is 36.4 Å². The second-order valence-corrected chi connectivity index (χ2v) is 6.09. The predicted molar refractivity (Wildman–Crippen MR) is 95.3 cm³/mol. The summed E-state index contributed by atoms with van der Waals surface area (Å²) in [5, 5.41) is 2.96. The van der Waals surface area contributed by atoms with E-state index in [1.54, 1.807) is 0 Å². The Labute approximate surface area is 145 Å². The zero-order valence-corrected chi connectivity index (χ0v) is 14.2. The van der Waals surface area contributed by atoms with E-state index in [1.165, 1.54) is 0 Å². The maximum atomic E-state index is 12.5. The summed E-state index contributed by atoms with van der Waals surface area (Å²) in [6, 6.07) is 11.5. The highest BCUT2D eigenvalue weighted by molar-refractivity contribution is 5.92. The van der Waals surface area contributed by atoms with Crippen molar-refractivity contribution in [2.24, 2.45) is 0 Å². The van der Waals surface area contributed by atoms with Crippen molar-refractivity contribution in [3.63, 3.8) is 0 Å². The highest BCUT2D eigenvalue weighted by Crippen LogP contribution is 2.34. The zero-order chi connectivity index (χ0) is 17.4. The van der Waals surface area contributed by atoms with Gasteiger partial charge in [-0.05, 0) is 25.5 Å². The fourth-order valence-corrected chi connectivity index (χ4v) is 3.03. The van der Waals surface area contributed by atoms with Crippen LogP contribution in [0.5, 0.6) is 11.5 Å². The van der Waals surface area contributed by atoms with Crippen LogP contribution in [0.1, 0.15) is 11.4 Å². The number of ether oxygens (including phenoxy) is 2. The minimum absolute atomic E-state index is 0.0911. The van der Waals surface area contributed by atoms with Gasteiger partial charge in [-0.2, -0.15) is 0 Å². The number of carbonyl (C=O) groups is 1. The average molecular weight is 337 g/mol. The molecule has 0 unspecified atom stereocenters. The van der Waals surface area contributed by atoms with E-state index in [9.17, 15) is 4.79 Å². The van der Waals surface area contributed by atoms with Gasteiger partial charge in [0.15, 0.2) is 11.5 Å². The van der Waals surface area contributed by atoms with Crippen LogP contribution < -0.4 is 14.8 Å². The molecule has 0 fully saturated rings. The summed E-state index contributed by atoms with van der Waals surface area (Å²) < 4.78 is 13.1. The fraction of sp³-hybridized carbons (Fsp3) is 0.263. The maximum absolute atomic E-state index is 12.5. The third-order valence-electron chi connectivity index (χ3n) is 4.32. The third kappa shape index (κ3) is 2.91. The number of nitrogens with one attached hydrogen (secondary N) is 1. The highest BCUT2D eigenvalue weighted by Gasteiger charge is 2.18. The van der Waals surface area contributed by atoms with Crippen molar-refractivity contribution in [3.8, 4) is 11.5 Å². The van der Waals surface area contributed by atoms with E-state index in [-0.39, 0.29) is 12.5 Å². The molecule has 4 rings (SSSR count). The Kier molecular flexibility index (Phi) is 3.80. The molecule has 2 heterocycles. The molecule has 1 N–H and O–H groups in total. The van der Waals surface area contributed by atoms with Crippen molar-refractivity contribution >= 4 is 22.6 Å². The van der Waals surface area contributed by atoms with Crippen LogP contribution in [0.4, 0.5) is 5.69 Å². The van der Waals surface area contributed by atoms with E-state index in [1.807, 2.05) is 54.8 Å². The Morgan fingerprint density at radius 1 is 1.16 bits per heavy atom. The van der Waals surface area contributed by atoms with E-state index in [2.05, 4.69) is 10.3 Å². The molecule has 0 saturated heterocycles. The summed E-state index contributed by atoms with van der Waals surface area (Å²) in [5.74, 6) is 2.08. The van der Waals surface area contributed by atoms with Gasteiger partial charge in [0, 0.05) is 17.8 Å². The molecule has 3 aromatic rings. The molecule has 6 heteroatoms. The highest BCUT2D eigenvalue weighted by atomic mass is 16.6. The fourth-order valence-electron chi connectivity index (χ4n) is 3.03. The van der Waals surface area contributed by atoms with Crippen LogP contribution in [0.3, 0.4) is 0 Å². The van der Waals surface area contributed by atoms with Gasteiger partial charge in [-0.1, -0.05) is 18.2 Å². The first-order valence-electron chi connectivity index (χ1n) is 8.24. The van der Waals surface area contributed by atoms with Gasteiger partial charge in [0.1, 0.15) is 25.6 Å². The SMILES string of the molecule is Cc1ccccc1NC(=O)Cn1c(C)nc2cc3c(cc21)OCCO3. The number of fused-ring (bicyclic) bond motifs is 2. The number of anilines is 1. The summed E-state index contributed by atoms with van der Waals surface area (Å²) in [4.78, 5) is 17.0. The molecule has 0 radical (unpaired) electrons. The van der Waals surface area contributed by atoms with Crippen LogP contribution in [0.2, 0.25) is 0 Å². The van der Waals surface area contributed by atoms with Gasteiger partial charge in [0.05, 0.1) is 11.0 Å². The molecule has 0 saturated carbocycles. The van der Waals surface area contributed by atoms with E-state index < -0.39 is 0 Å². The third-order valence-corrected chi connectivity index (χ3v) is 4.32. The Bertz CT molecular complexity index is 962. The zero-order valence-electron chi connectivity index (χ0n) is 14.2. The molecular formula is C19H19N3O3. The van der Waals surface area contributed by atoms with Gasteiger partial charge in [-0.25, -0.2) is 4.98 Å². The minimum atomic E-state index is -0.0911. The molecule has 6 nitrogen and oxygen atoms in total. The number of hydrogen-bond donors (Lipinski definition) is 1. The van der Waals surface area contributed by atoms with Crippen LogP contribution in [-0.4, -0.2) is 28.7 Å². The second-order valence-electron chi connectivity index (χ2n) is 6.09. The van der Waals surface area contributed by atoms with Gasteiger partial charge in [0.2, 0.25) is 5.91 Å². The molecule has 0 spiro atoms. The smallest absolute Gasteiger partial charge is 0.244 e. The van der Waals surface area contributed by atoms with E-state index in [0.717, 1.165) is 28.1 Å². The number of para-hydroxylation sites is 1. The molecule has 1 amide bonds. The maximum Gasteiger partial charge on any atom is 0.244 e. The van der Waals surface area contributed by atoms with Gasteiger partial charge in [0.25, 0.3) is 0 Å². The first kappa shape index (κ1) is 15.5. The Hall–Kier alpha value is -3.02. The topological polar surface area (TPSA) is 65.4 Å². The molecule has 0 bridgehead atoms. The number of amides is 1. The van der Waals surface area contributed by atoms with Gasteiger partial charge in [-0.3, -0.25) is 4.79 Å². The summed E-state index contributed by atoms with van der Waals surface area (Å²) in [7, 11) is 0. The molecule has 2 aromatic carbocycles. The van der Waals surface area contributed by atoms with Crippen LogP contribution in [-0.2, 0) is 11.3 Å². The number of rotatable bonds is 3. The molecule has 25 heavy (non-hydrogen) atoms. The van der Waals surface area contributed by atoms with E-state index in [4.69, 9.17) is 9.47 Å². The standard InChI is InChI=1S/C19H19N3O3/c1-12-5-3-4-6-14(12)21-19(23)11-22-13(2)20-15-9-17-18(10-16(15)22)25-8-7-24-17/h3-6,9-10H,7-8,11H2,1-2H3,(H,21,23). The first-order chi connectivity index (χ1) is 12.1. The Balaban J connectivity index is 1.63. The molecule has 0 aliphatic carbocycles. The number of imidazole rings is 1. The van der Waals surface area contributed by atoms with Gasteiger partial charge >= 0.3 is 0 Å². The van der Waals surface area contributed by atoms with Crippen molar-refractivity contribution in [2.45, 2.75) is 20.4 Å². The predicted octanol–water partition coefficient (Wildman–Crippen LogP) is 3.06.